The number of aliphatic hydroxyl groups excluding tert-OH is 1. The molecular weight excluding hydrogens is 677 g/mol. The number of allylic oxidation sites excluding steroid dienone is 6. The first-order valence-corrected chi connectivity index (χ1v) is 24.6. The Bertz CT molecular complexity index is 818. The van der Waals surface area contributed by atoms with Crippen LogP contribution in [-0.4, -0.2) is 37.0 Å². The molecule has 0 radical (unpaired) electrons. The highest BCUT2D eigenvalue weighted by Gasteiger charge is 2.13. The van der Waals surface area contributed by atoms with Crippen LogP contribution in [-0.2, 0) is 14.3 Å². The second-order valence-electron chi connectivity index (χ2n) is 16.5. The van der Waals surface area contributed by atoms with Gasteiger partial charge in [-0.15, -0.1) is 0 Å². The number of unbranched alkanes of at least 4 members (excludes halogenated alkanes) is 32. The van der Waals surface area contributed by atoms with Gasteiger partial charge in [0.2, 0.25) is 0 Å². The minimum absolute atomic E-state index is 0.172. The van der Waals surface area contributed by atoms with Gasteiger partial charge in [-0.05, 0) is 51.4 Å². The van der Waals surface area contributed by atoms with E-state index in [1.807, 2.05) is 0 Å². The fraction of sp³-hybridized carbons (Fsp3) is 0.863. The summed E-state index contributed by atoms with van der Waals surface area (Å²) in [5.74, 6) is -0.203. The van der Waals surface area contributed by atoms with Gasteiger partial charge in [-0.2, -0.15) is 0 Å². The lowest BCUT2D eigenvalue weighted by Crippen LogP contribution is -2.27. The van der Waals surface area contributed by atoms with E-state index < -0.39 is 6.10 Å². The molecule has 0 aromatic rings. The van der Waals surface area contributed by atoms with Gasteiger partial charge in [0.1, 0.15) is 6.10 Å². The van der Waals surface area contributed by atoms with Crippen LogP contribution in [0.15, 0.2) is 36.5 Å². The fourth-order valence-electron chi connectivity index (χ4n) is 7.28. The lowest BCUT2D eigenvalue weighted by Gasteiger charge is -2.16. The van der Waals surface area contributed by atoms with E-state index in [-0.39, 0.29) is 12.6 Å². The average molecular weight is 773 g/mol. The molecule has 4 nitrogen and oxygen atoms in total. The second-order valence-corrected chi connectivity index (χ2v) is 16.5. The number of ether oxygens (including phenoxy) is 2. The Morgan fingerprint density at radius 2 is 0.764 bits per heavy atom. The molecule has 0 aromatic heterocycles. The molecule has 1 atom stereocenters. The minimum atomic E-state index is -0.536. The average Bonchev–Trinajstić information content (AvgIpc) is 3.19. The highest BCUT2D eigenvalue weighted by atomic mass is 16.6. The molecule has 1 N–H and O–H groups in total. The quantitative estimate of drug-likeness (QED) is 0.0380. The molecule has 1 unspecified atom stereocenters. The first kappa shape index (κ1) is 53.6. The first-order valence-electron chi connectivity index (χ1n) is 24.6. The monoisotopic (exact) mass is 773 g/mol. The highest BCUT2D eigenvalue weighted by molar-refractivity contribution is 5.69. The molecule has 0 aliphatic heterocycles. The van der Waals surface area contributed by atoms with Crippen molar-refractivity contribution in [2.45, 2.75) is 264 Å². The molecule has 0 heterocycles. The summed E-state index contributed by atoms with van der Waals surface area (Å²) in [7, 11) is 0. The Morgan fingerprint density at radius 1 is 0.436 bits per heavy atom. The summed E-state index contributed by atoms with van der Waals surface area (Å²) in [6.07, 6.45) is 62.2. The van der Waals surface area contributed by atoms with Gasteiger partial charge in [0.25, 0.3) is 0 Å². The Labute approximate surface area is 344 Å². The topological polar surface area (TPSA) is 55.8 Å². The van der Waals surface area contributed by atoms with Gasteiger partial charge in [0.05, 0.1) is 13.2 Å². The van der Waals surface area contributed by atoms with Crippen LogP contribution in [0.2, 0.25) is 0 Å². The maximum atomic E-state index is 12.3. The van der Waals surface area contributed by atoms with E-state index in [0.717, 1.165) is 32.1 Å². The zero-order valence-corrected chi connectivity index (χ0v) is 37.2. The number of hydrogen-bond donors (Lipinski definition) is 1. The molecule has 0 spiro atoms. The van der Waals surface area contributed by atoms with Crippen molar-refractivity contribution in [2.24, 2.45) is 0 Å². The minimum Gasteiger partial charge on any atom is -0.457 e. The molecule has 0 bridgehead atoms. The van der Waals surface area contributed by atoms with Crippen LogP contribution in [0.5, 0.6) is 0 Å². The van der Waals surface area contributed by atoms with Crippen LogP contribution in [0.25, 0.3) is 0 Å². The van der Waals surface area contributed by atoms with Crippen LogP contribution in [0, 0.1) is 0 Å². The van der Waals surface area contributed by atoms with Gasteiger partial charge in [-0.25, -0.2) is 0 Å². The van der Waals surface area contributed by atoms with Crippen LogP contribution in [0.1, 0.15) is 258 Å². The zero-order chi connectivity index (χ0) is 39.8. The zero-order valence-electron chi connectivity index (χ0n) is 37.2. The van der Waals surface area contributed by atoms with E-state index in [1.54, 1.807) is 0 Å². The predicted octanol–water partition coefficient (Wildman–Crippen LogP) is 16.4. The van der Waals surface area contributed by atoms with Crippen LogP contribution < -0.4 is 0 Å². The third-order valence-corrected chi connectivity index (χ3v) is 11.0. The molecule has 55 heavy (non-hydrogen) atoms. The number of carbonyl (C=O) groups is 1. The van der Waals surface area contributed by atoms with Gasteiger partial charge < -0.3 is 14.6 Å². The first-order chi connectivity index (χ1) is 27.2. The number of hydrogen-bond acceptors (Lipinski definition) is 4. The fourth-order valence-corrected chi connectivity index (χ4v) is 7.28. The highest BCUT2D eigenvalue weighted by Crippen LogP contribution is 2.16. The van der Waals surface area contributed by atoms with Gasteiger partial charge in [0.15, 0.2) is 0 Å². The Kier molecular flexibility index (Phi) is 47.5. The van der Waals surface area contributed by atoms with Crippen LogP contribution >= 0.6 is 0 Å². The van der Waals surface area contributed by atoms with Crippen molar-refractivity contribution in [3.05, 3.63) is 36.5 Å². The molecule has 324 valence electrons. The van der Waals surface area contributed by atoms with E-state index in [9.17, 15) is 9.90 Å². The van der Waals surface area contributed by atoms with Crippen molar-refractivity contribution in [3.8, 4) is 0 Å². The maximum Gasteiger partial charge on any atom is 0.306 e. The normalized spacial score (nSPS) is 12.6. The molecule has 4 heteroatoms. The summed E-state index contributed by atoms with van der Waals surface area (Å²) in [4.78, 5) is 12.3. The van der Waals surface area contributed by atoms with E-state index >= 15 is 0 Å². The van der Waals surface area contributed by atoms with Gasteiger partial charge in [0, 0.05) is 13.0 Å². The van der Waals surface area contributed by atoms with Crippen molar-refractivity contribution in [1.29, 1.82) is 0 Å². The summed E-state index contributed by atoms with van der Waals surface area (Å²) in [5.41, 5.74) is 0. The molecule has 0 rings (SSSR count). The lowest BCUT2D eigenvalue weighted by atomic mass is 10.0. The third-order valence-electron chi connectivity index (χ3n) is 11.0. The Morgan fingerprint density at radius 3 is 1.15 bits per heavy atom. The smallest absolute Gasteiger partial charge is 0.306 e. The van der Waals surface area contributed by atoms with Crippen molar-refractivity contribution >= 4 is 5.97 Å². The van der Waals surface area contributed by atoms with Gasteiger partial charge >= 0.3 is 5.97 Å². The van der Waals surface area contributed by atoms with Crippen molar-refractivity contribution < 1.29 is 19.4 Å². The Balaban J connectivity index is 3.41. The molecule has 0 aromatic carbocycles. The summed E-state index contributed by atoms with van der Waals surface area (Å²) in [6.45, 7) is 5.37. The molecule has 0 amide bonds. The number of aliphatic hydroxyl groups is 1. The number of esters is 1. The molecule has 0 saturated heterocycles. The van der Waals surface area contributed by atoms with Gasteiger partial charge in [-0.3, -0.25) is 4.79 Å². The van der Waals surface area contributed by atoms with Crippen molar-refractivity contribution in [3.63, 3.8) is 0 Å². The number of carbonyl (C=O) groups excluding carboxylic acids is 1. The van der Waals surface area contributed by atoms with E-state index in [4.69, 9.17) is 9.47 Å². The van der Waals surface area contributed by atoms with E-state index in [2.05, 4.69) is 50.3 Å². The summed E-state index contributed by atoms with van der Waals surface area (Å²) >= 11 is 0. The SMILES string of the molecule is CCCCCCC/C=C\C/C=C\C/C=C\CCCCCCCCCCC(=O)OC(CO)COCCCCCCCCCCCCCCCCCCCCCC. The summed E-state index contributed by atoms with van der Waals surface area (Å²) in [5, 5.41) is 9.64. The molecule has 0 saturated carbocycles. The summed E-state index contributed by atoms with van der Waals surface area (Å²) in [6, 6.07) is 0. The van der Waals surface area contributed by atoms with Crippen LogP contribution in [0.3, 0.4) is 0 Å². The third kappa shape index (κ3) is 46.9. The lowest BCUT2D eigenvalue weighted by molar-refractivity contribution is -0.154. The van der Waals surface area contributed by atoms with Crippen LogP contribution in [0.4, 0.5) is 0 Å². The van der Waals surface area contributed by atoms with Crippen molar-refractivity contribution in [2.75, 3.05) is 19.8 Å². The Hall–Kier alpha value is -1.39. The van der Waals surface area contributed by atoms with Gasteiger partial charge in [-0.1, -0.05) is 237 Å². The van der Waals surface area contributed by atoms with E-state index in [1.165, 1.54) is 205 Å². The standard InChI is InChI=1S/C51H96O4/c1-3-5-7-9-11-13-15-17-19-21-23-25-26-27-28-30-32-34-36-38-40-42-44-46-51(53)55-50(48-52)49-54-47-45-43-41-39-37-35-33-31-29-24-22-20-18-16-14-12-10-8-6-4-2/h15,17,21,23,26-27,50,52H,3-14,16,18-20,22,24-25,28-49H2,1-2H3/b17-15-,23-21-,27-26-. The molecule has 0 aliphatic rings. The number of rotatable bonds is 46. The molecular formula is C51H96O4. The predicted molar refractivity (Wildman–Crippen MR) is 242 cm³/mol. The summed E-state index contributed by atoms with van der Waals surface area (Å²) < 4.78 is 11.2. The maximum absolute atomic E-state index is 12.3. The molecule has 0 aliphatic carbocycles. The second kappa shape index (κ2) is 48.8. The largest absolute Gasteiger partial charge is 0.457 e. The van der Waals surface area contributed by atoms with Crippen molar-refractivity contribution in [1.82, 2.24) is 0 Å². The molecule has 0 fully saturated rings. The van der Waals surface area contributed by atoms with E-state index in [0.29, 0.717) is 19.6 Å².